The van der Waals surface area contributed by atoms with Gasteiger partial charge in [0.1, 0.15) is 12.7 Å². The van der Waals surface area contributed by atoms with Crippen LogP contribution in [0, 0.1) is 0 Å². The number of rotatable bonds is 19. The summed E-state index contributed by atoms with van der Waals surface area (Å²) in [5.41, 5.74) is 0. The van der Waals surface area contributed by atoms with Gasteiger partial charge in [0.25, 0.3) is 0 Å². The third-order valence-corrected chi connectivity index (χ3v) is 6.32. The van der Waals surface area contributed by atoms with Gasteiger partial charge in [0.15, 0.2) is 12.2 Å². The number of ether oxygens (including phenoxy) is 6. The highest BCUT2D eigenvalue weighted by atomic mass is 16.7. The first-order chi connectivity index (χ1) is 19.4. The van der Waals surface area contributed by atoms with Gasteiger partial charge in [0, 0.05) is 34.1 Å². The molecular weight excluding hydrogens is 544 g/mol. The molecule has 0 saturated carbocycles. The Morgan fingerprint density at radius 3 is 1.68 bits per heavy atom. The monoisotopic (exact) mass is 590 g/mol. The summed E-state index contributed by atoms with van der Waals surface area (Å²) in [4.78, 5) is 59.6. The maximum Gasteiger partial charge on any atom is 0.306 e. The molecule has 1 fully saturated rings. The zero-order chi connectivity index (χ0) is 30.8. The number of carbonyl (C=O) groups excluding carboxylic acids is 5. The molecule has 0 amide bonds. The number of aliphatic hydroxyl groups is 2. The maximum atomic E-state index is 12.8. The number of aliphatic hydroxyl groups excluding tert-OH is 2. The Bertz CT molecular complexity index is 830. The molecule has 1 aliphatic rings. The molecule has 2 N–H and O–H groups in total. The van der Waals surface area contributed by atoms with E-state index in [2.05, 4.69) is 0 Å². The Labute approximate surface area is 241 Å². The molecule has 3 unspecified atom stereocenters. The minimum absolute atomic E-state index is 0.0718. The van der Waals surface area contributed by atoms with Gasteiger partial charge in [-0.25, -0.2) is 0 Å². The molecule has 13 nitrogen and oxygen atoms in total. The molecule has 41 heavy (non-hydrogen) atoms. The van der Waals surface area contributed by atoms with Crippen molar-refractivity contribution in [1.29, 1.82) is 0 Å². The lowest BCUT2D eigenvalue weighted by Crippen LogP contribution is -2.63. The lowest BCUT2D eigenvalue weighted by Gasteiger charge is -2.43. The van der Waals surface area contributed by atoms with Gasteiger partial charge >= 0.3 is 29.8 Å². The van der Waals surface area contributed by atoms with Crippen LogP contribution in [-0.4, -0.2) is 90.1 Å². The van der Waals surface area contributed by atoms with Crippen LogP contribution in [0.4, 0.5) is 0 Å². The summed E-state index contributed by atoms with van der Waals surface area (Å²) < 4.78 is 32.1. The van der Waals surface area contributed by atoms with Crippen LogP contribution in [0.1, 0.15) is 98.3 Å². The van der Waals surface area contributed by atoms with Gasteiger partial charge in [-0.05, 0) is 12.8 Å². The Morgan fingerprint density at radius 1 is 0.659 bits per heavy atom. The first kappa shape index (κ1) is 36.3. The standard InChI is InChI=1S/C28H46O13/c1-18(30)36-17-23-25(26(37-19(2)31)27(38-20(3)32)28(40-23)39-21(4)33)41-24(35)15-13-11-9-7-5-6-8-10-12-14-22(34)16-29/h22-23,25-29,34H,5-17H2,1-4H3/t22?,23-,25?,26+,27?,28-/m1/s1. The Balaban J connectivity index is 2.70. The van der Waals surface area contributed by atoms with Crippen molar-refractivity contribution in [2.24, 2.45) is 0 Å². The van der Waals surface area contributed by atoms with Gasteiger partial charge in [-0.2, -0.15) is 0 Å². The van der Waals surface area contributed by atoms with Crippen molar-refractivity contribution >= 4 is 29.8 Å². The first-order valence-electron chi connectivity index (χ1n) is 14.2. The third-order valence-electron chi connectivity index (χ3n) is 6.32. The molecule has 0 spiro atoms. The zero-order valence-electron chi connectivity index (χ0n) is 24.5. The molecule has 1 aliphatic heterocycles. The van der Waals surface area contributed by atoms with Gasteiger partial charge in [-0.3, -0.25) is 24.0 Å². The van der Waals surface area contributed by atoms with Crippen molar-refractivity contribution in [3.8, 4) is 0 Å². The van der Waals surface area contributed by atoms with Crippen LogP contribution in [0.15, 0.2) is 0 Å². The topological polar surface area (TPSA) is 181 Å². The number of esters is 5. The van der Waals surface area contributed by atoms with Crippen LogP contribution in [0.25, 0.3) is 0 Å². The smallest absolute Gasteiger partial charge is 0.306 e. The number of hydrogen-bond donors (Lipinski definition) is 2. The van der Waals surface area contributed by atoms with Crippen molar-refractivity contribution in [2.75, 3.05) is 13.2 Å². The van der Waals surface area contributed by atoms with Gasteiger partial charge in [-0.1, -0.05) is 51.4 Å². The second kappa shape index (κ2) is 20.2. The molecule has 0 aliphatic carbocycles. The highest BCUT2D eigenvalue weighted by Crippen LogP contribution is 2.30. The molecule has 6 atom stereocenters. The van der Waals surface area contributed by atoms with E-state index in [9.17, 15) is 29.1 Å². The van der Waals surface area contributed by atoms with E-state index in [0.717, 1.165) is 72.1 Å². The molecule has 1 saturated heterocycles. The Hall–Kier alpha value is -2.77. The predicted molar refractivity (Wildman–Crippen MR) is 142 cm³/mol. The second-order valence-corrected chi connectivity index (χ2v) is 10.1. The number of hydrogen-bond acceptors (Lipinski definition) is 13. The average Bonchev–Trinajstić information content (AvgIpc) is 2.88. The van der Waals surface area contributed by atoms with Crippen LogP contribution in [0.3, 0.4) is 0 Å². The highest BCUT2D eigenvalue weighted by Gasteiger charge is 2.53. The SMILES string of the molecule is CC(=O)OC[C@H]1O[C@@H](OC(C)=O)C(OC(C)=O)[C@@H](OC(C)=O)C1OC(=O)CCCCCCCCCCCC(O)CO. The molecule has 1 heterocycles. The molecular formula is C28H46O13. The van der Waals surface area contributed by atoms with Crippen LogP contribution in [0.2, 0.25) is 0 Å². The quantitative estimate of drug-likeness (QED) is 0.127. The molecule has 236 valence electrons. The molecule has 13 heteroatoms. The van der Waals surface area contributed by atoms with Crippen LogP contribution < -0.4 is 0 Å². The van der Waals surface area contributed by atoms with Gasteiger partial charge < -0.3 is 38.6 Å². The summed E-state index contributed by atoms with van der Waals surface area (Å²) in [7, 11) is 0. The van der Waals surface area contributed by atoms with E-state index in [1.165, 1.54) is 6.92 Å². The summed E-state index contributed by atoms with van der Waals surface area (Å²) in [5.74, 6) is -3.58. The van der Waals surface area contributed by atoms with Gasteiger partial charge in [0.05, 0.1) is 12.7 Å². The van der Waals surface area contributed by atoms with E-state index < -0.39 is 73.3 Å². The summed E-state index contributed by atoms with van der Waals surface area (Å²) in [6.07, 6.45) is 1.64. The van der Waals surface area contributed by atoms with E-state index in [1.54, 1.807) is 0 Å². The fourth-order valence-electron chi connectivity index (χ4n) is 4.44. The van der Waals surface area contributed by atoms with E-state index in [-0.39, 0.29) is 13.0 Å². The molecule has 0 radical (unpaired) electrons. The largest absolute Gasteiger partial charge is 0.463 e. The van der Waals surface area contributed by atoms with Crippen molar-refractivity contribution in [3.05, 3.63) is 0 Å². The normalized spacial score (nSPS) is 22.7. The van der Waals surface area contributed by atoms with E-state index in [4.69, 9.17) is 33.5 Å². The zero-order valence-corrected chi connectivity index (χ0v) is 24.5. The van der Waals surface area contributed by atoms with E-state index >= 15 is 0 Å². The van der Waals surface area contributed by atoms with E-state index in [1.807, 2.05) is 0 Å². The van der Waals surface area contributed by atoms with Gasteiger partial charge in [0.2, 0.25) is 12.4 Å². The Morgan fingerprint density at radius 2 is 1.17 bits per heavy atom. The molecule has 0 aromatic rings. The summed E-state index contributed by atoms with van der Waals surface area (Å²) in [6.45, 7) is 3.89. The minimum atomic E-state index is -1.51. The number of unbranched alkanes of at least 4 members (excludes halogenated alkanes) is 8. The maximum absolute atomic E-state index is 12.8. The first-order valence-corrected chi connectivity index (χ1v) is 14.2. The lowest BCUT2D eigenvalue weighted by atomic mass is 9.98. The van der Waals surface area contributed by atoms with Crippen molar-refractivity contribution in [3.63, 3.8) is 0 Å². The minimum Gasteiger partial charge on any atom is -0.463 e. The third kappa shape index (κ3) is 15.7. The van der Waals surface area contributed by atoms with Crippen LogP contribution >= 0.6 is 0 Å². The molecule has 0 aromatic carbocycles. The second-order valence-electron chi connectivity index (χ2n) is 10.1. The average molecular weight is 591 g/mol. The molecule has 0 bridgehead atoms. The Kier molecular flexibility index (Phi) is 17.8. The lowest BCUT2D eigenvalue weighted by molar-refractivity contribution is -0.300. The molecule has 0 aromatic heterocycles. The summed E-state index contributed by atoms with van der Waals surface area (Å²) >= 11 is 0. The van der Waals surface area contributed by atoms with E-state index in [0.29, 0.717) is 12.8 Å². The van der Waals surface area contributed by atoms with Crippen molar-refractivity contribution < 1.29 is 62.6 Å². The fourth-order valence-corrected chi connectivity index (χ4v) is 4.44. The summed E-state index contributed by atoms with van der Waals surface area (Å²) in [5, 5.41) is 18.2. The van der Waals surface area contributed by atoms with Crippen LogP contribution in [0.5, 0.6) is 0 Å². The fraction of sp³-hybridized carbons (Fsp3) is 0.821. The summed E-state index contributed by atoms with van der Waals surface area (Å²) in [6, 6.07) is 0. The highest BCUT2D eigenvalue weighted by molar-refractivity contribution is 5.70. The van der Waals surface area contributed by atoms with Crippen molar-refractivity contribution in [1.82, 2.24) is 0 Å². The molecule has 1 rings (SSSR count). The van der Waals surface area contributed by atoms with Crippen LogP contribution in [-0.2, 0) is 52.4 Å². The van der Waals surface area contributed by atoms with Gasteiger partial charge in [-0.15, -0.1) is 0 Å². The predicted octanol–water partition coefficient (Wildman–Crippen LogP) is 2.26. The van der Waals surface area contributed by atoms with Crippen molar-refractivity contribution in [2.45, 2.75) is 135 Å². The number of carbonyl (C=O) groups is 5.